The van der Waals surface area contributed by atoms with Crippen molar-refractivity contribution in [1.29, 1.82) is 0 Å². The molecule has 1 fully saturated rings. The third kappa shape index (κ3) is 5.80. The molecule has 0 atom stereocenters. The number of hydrogen-bond acceptors (Lipinski definition) is 4. The van der Waals surface area contributed by atoms with Crippen molar-refractivity contribution in [3.63, 3.8) is 0 Å². The van der Waals surface area contributed by atoms with Gasteiger partial charge in [-0.2, -0.15) is 0 Å². The van der Waals surface area contributed by atoms with E-state index in [1.807, 2.05) is 0 Å². The lowest BCUT2D eigenvalue weighted by Gasteiger charge is -2.39. The topological polar surface area (TPSA) is 39.7 Å². The fraction of sp³-hybridized carbons (Fsp3) is 1.00. The van der Waals surface area contributed by atoms with Gasteiger partial charge in [-0.05, 0) is 26.2 Å². The number of ether oxygens (including phenoxy) is 3. The van der Waals surface area contributed by atoms with Crippen LogP contribution in [0, 0.1) is 0 Å². The zero-order valence-electron chi connectivity index (χ0n) is 10.6. The van der Waals surface area contributed by atoms with E-state index in [1.165, 1.54) is 19.3 Å². The molecule has 0 bridgehead atoms. The van der Waals surface area contributed by atoms with Gasteiger partial charge in [0.25, 0.3) is 0 Å². The van der Waals surface area contributed by atoms with Gasteiger partial charge in [-0.15, -0.1) is 0 Å². The normalized spacial score (nSPS) is 18.4. The minimum absolute atomic E-state index is 0.387. The van der Waals surface area contributed by atoms with E-state index in [2.05, 4.69) is 12.2 Å². The van der Waals surface area contributed by atoms with Crippen LogP contribution in [0.15, 0.2) is 0 Å². The predicted molar refractivity (Wildman–Crippen MR) is 63.8 cm³/mol. The SMILES string of the molecule is COCCOCCOCCNC1(C)CCC1. The Hall–Kier alpha value is -0.160. The van der Waals surface area contributed by atoms with E-state index in [0.717, 1.165) is 13.2 Å². The summed E-state index contributed by atoms with van der Waals surface area (Å²) in [6, 6.07) is 0. The van der Waals surface area contributed by atoms with Gasteiger partial charge in [-0.25, -0.2) is 0 Å². The molecule has 0 saturated heterocycles. The number of rotatable bonds is 10. The maximum atomic E-state index is 5.45. The summed E-state index contributed by atoms with van der Waals surface area (Å²) < 4.78 is 15.6. The number of hydrogen-bond donors (Lipinski definition) is 1. The molecule has 16 heavy (non-hydrogen) atoms. The summed E-state index contributed by atoms with van der Waals surface area (Å²) in [7, 11) is 1.67. The third-order valence-corrected chi connectivity index (χ3v) is 3.06. The maximum absolute atomic E-state index is 5.45. The first-order chi connectivity index (χ1) is 7.77. The zero-order valence-corrected chi connectivity index (χ0v) is 10.6. The highest BCUT2D eigenvalue weighted by Crippen LogP contribution is 2.30. The van der Waals surface area contributed by atoms with Crippen LogP contribution in [0.1, 0.15) is 26.2 Å². The molecule has 1 N–H and O–H groups in total. The van der Waals surface area contributed by atoms with Gasteiger partial charge in [0.05, 0.1) is 33.0 Å². The quantitative estimate of drug-likeness (QED) is 0.573. The molecule has 0 aromatic carbocycles. The van der Waals surface area contributed by atoms with Crippen LogP contribution < -0.4 is 5.32 Å². The van der Waals surface area contributed by atoms with E-state index in [1.54, 1.807) is 7.11 Å². The van der Waals surface area contributed by atoms with Crippen LogP contribution in [0.3, 0.4) is 0 Å². The highest BCUT2D eigenvalue weighted by molar-refractivity contribution is 4.91. The van der Waals surface area contributed by atoms with Gasteiger partial charge < -0.3 is 19.5 Å². The van der Waals surface area contributed by atoms with Gasteiger partial charge in [0.15, 0.2) is 0 Å². The van der Waals surface area contributed by atoms with Crippen LogP contribution in [-0.4, -0.2) is 52.2 Å². The molecule has 0 heterocycles. The van der Waals surface area contributed by atoms with E-state index in [0.29, 0.717) is 32.0 Å². The summed E-state index contributed by atoms with van der Waals surface area (Å²) in [6.07, 6.45) is 3.96. The smallest absolute Gasteiger partial charge is 0.0701 e. The van der Waals surface area contributed by atoms with Crippen molar-refractivity contribution in [2.75, 3.05) is 46.7 Å². The van der Waals surface area contributed by atoms with Gasteiger partial charge in [-0.1, -0.05) is 0 Å². The van der Waals surface area contributed by atoms with Crippen molar-refractivity contribution < 1.29 is 14.2 Å². The first kappa shape index (κ1) is 13.9. The summed E-state index contributed by atoms with van der Waals surface area (Å²) in [5.41, 5.74) is 0.387. The molecule has 0 spiro atoms. The average Bonchev–Trinajstić information content (AvgIpc) is 2.24. The van der Waals surface area contributed by atoms with Crippen LogP contribution in [0.5, 0.6) is 0 Å². The van der Waals surface area contributed by atoms with E-state index in [-0.39, 0.29) is 0 Å². The Labute approximate surface area is 98.6 Å². The molecular formula is C12H25NO3. The summed E-state index contributed by atoms with van der Waals surface area (Å²) >= 11 is 0. The standard InChI is InChI=1S/C12H25NO3/c1-12(4-3-5-12)13-6-7-15-10-11-16-9-8-14-2/h13H,3-11H2,1-2H3. The lowest BCUT2D eigenvalue weighted by atomic mass is 9.78. The Morgan fingerprint density at radius 1 is 1.00 bits per heavy atom. The van der Waals surface area contributed by atoms with Crippen molar-refractivity contribution in [2.45, 2.75) is 31.7 Å². The molecule has 0 aromatic heterocycles. The second-order valence-corrected chi connectivity index (χ2v) is 4.56. The molecule has 1 aliphatic rings. The summed E-state index contributed by atoms with van der Waals surface area (Å²) in [5, 5.41) is 3.52. The van der Waals surface area contributed by atoms with E-state index >= 15 is 0 Å². The second kappa shape index (κ2) is 8.01. The van der Waals surface area contributed by atoms with Crippen molar-refractivity contribution in [2.24, 2.45) is 0 Å². The van der Waals surface area contributed by atoms with Gasteiger partial charge in [0, 0.05) is 19.2 Å². The van der Waals surface area contributed by atoms with Crippen molar-refractivity contribution in [3.05, 3.63) is 0 Å². The highest BCUT2D eigenvalue weighted by Gasteiger charge is 2.30. The Bertz CT molecular complexity index is 172. The monoisotopic (exact) mass is 231 g/mol. The molecule has 0 amide bonds. The molecule has 1 saturated carbocycles. The minimum Gasteiger partial charge on any atom is -0.382 e. The summed E-state index contributed by atoms with van der Waals surface area (Å²) in [5.74, 6) is 0. The fourth-order valence-electron chi connectivity index (χ4n) is 1.77. The Morgan fingerprint density at radius 2 is 1.62 bits per heavy atom. The number of methoxy groups -OCH3 is 1. The minimum atomic E-state index is 0.387. The van der Waals surface area contributed by atoms with Crippen LogP contribution in [0.4, 0.5) is 0 Å². The second-order valence-electron chi connectivity index (χ2n) is 4.56. The van der Waals surface area contributed by atoms with Gasteiger partial charge in [0.2, 0.25) is 0 Å². The van der Waals surface area contributed by atoms with Crippen molar-refractivity contribution in [3.8, 4) is 0 Å². The lowest BCUT2D eigenvalue weighted by molar-refractivity contribution is 0.0235. The van der Waals surface area contributed by atoms with Crippen LogP contribution >= 0.6 is 0 Å². The molecule has 0 unspecified atom stereocenters. The zero-order chi connectivity index (χ0) is 11.7. The average molecular weight is 231 g/mol. The molecule has 0 radical (unpaired) electrons. The first-order valence-corrected chi connectivity index (χ1v) is 6.16. The molecular weight excluding hydrogens is 206 g/mol. The molecule has 96 valence electrons. The van der Waals surface area contributed by atoms with Gasteiger partial charge in [0.1, 0.15) is 0 Å². The van der Waals surface area contributed by atoms with Crippen molar-refractivity contribution >= 4 is 0 Å². The predicted octanol–water partition coefficient (Wildman–Crippen LogP) is 1.20. The number of nitrogens with one attached hydrogen (secondary N) is 1. The van der Waals surface area contributed by atoms with E-state index < -0.39 is 0 Å². The Balaban J connectivity index is 1.74. The van der Waals surface area contributed by atoms with Crippen molar-refractivity contribution in [1.82, 2.24) is 5.32 Å². The largest absolute Gasteiger partial charge is 0.382 e. The molecule has 4 nitrogen and oxygen atoms in total. The fourth-order valence-corrected chi connectivity index (χ4v) is 1.77. The molecule has 4 heteroatoms. The summed E-state index contributed by atoms with van der Waals surface area (Å²) in [6.45, 7) is 6.61. The van der Waals surface area contributed by atoms with E-state index in [9.17, 15) is 0 Å². The van der Waals surface area contributed by atoms with Gasteiger partial charge in [-0.3, -0.25) is 0 Å². The Morgan fingerprint density at radius 3 is 2.19 bits per heavy atom. The van der Waals surface area contributed by atoms with Crippen LogP contribution in [0.2, 0.25) is 0 Å². The van der Waals surface area contributed by atoms with E-state index in [4.69, 9.17) is 14.2 Å². The highest BCUT2D eigenvalue weighted by atomic mass is 16.5. The van der Waals surface area contributed by atoms with Crippen LogP contribution in [0.25, 0.3) is 0 Å². The van der Waals surface area contributed by atoms with Gasteiger partial charge >= 0.3 is 0 Å². The Kier molecular flexibility index (Phi) is 6.96. The maximum Gasteiger partial charge on any atom is 0.0701 e. The summed E-state index contributed by atoms with van der Waals surface area (Å²) in [4.78, 5) is 0. The lowest BCUT2D eigenvalue weighted by Crippen LogP contribution is -2.49. The molecule has 1 aliphatic carbocycles. The molecule has 1 rings (SSSR count). The third-order valence-electron chi connectivity index (χ3n) is 3.06. The molecule has 0 aliphatic heterocycles. The first-order valence-electron chi connectivity index (χ1n) is 6.16. The molecule has 0 aromatic rings. The van der Waals surface area contributed by atoms with Crippen LogP contribution in [-0.2, 0) is 14.2 Å².